The van der Waals surface area contributed by atoms with Crippen molar-refractivity contribution in [3.8, 4) is 11.5 Å². The van der Waals surface area contributed by atoms with Crippen LogP contribution in [0.5, 0.6) is 11.5 Å². The Morgan fingerprint density at radius 3 is 2.38 bits per heavy atom. The summed E-state index contributed by atoms with van der Waals surface area (Å²) in [5, 5.41) is 5.67. The molecule has 0 saturated heterocycles. The minimum atomic E-state index is -0.493. The molecule has 2 aromatic carbocycles. The molecule has 2 rings (SSSR count). The number of rotatable bonds is 10. The van der Waals surface area contributed by atoms with Gasteiger partial charge in [0.2, 0.25) is 11.8 Å². The third kappa shape index (κ3) is 8.01. The molecular formula is C21H28ClN3O4. The molecule has 4 N–H and O–H groups in total. The molecule has 29 heavy (non-hydrogen) atoms. The Morgan fingerprint density at radius 2 is 1.76 bits per heavy atom. The number of nitrogens with one attached hydrogen (secondary N) is 2. The van der Waals surface area contributed by atoms with Crippen molar-refractivity contribution in [1.29, 1.82) is 0 Å². The quantitative estimate of drug-likeness (QED) is 0.547. The van der Waals surface area contributed by atoms with Crippen molar-refractivity contribution in [3.05, 3.63) is 54.1 Å². The van der Waals surface area contributed by atoms with Gasteiger partial charge in [0.15, 0.2) is 0 Å². The second-order valence-corrected chi connectivity index (χ2v) is 6.14. The lowest BCUT2D eigenvalue weighted by Crippen LogP contribution is -2.30. The minimum absolute atomic E-state index is 0. The molecule has 1 unspecified atom stereocenters. The van der Waals surface area contributed by atoms with Crippen LogP contribution in [-0.2, 0) is 9.59 Å². The van der Waals surface area contributed by atoms with Crippen molar-refractivity contribution < 1.29 is 19.1 Å². The zero-order valence-electron chi connectivity index (χ0n) is 16.6. The van der Waals surface area contributed by atoms with Gasteiger partial charge >= 0.3 is 0 Å². The van der Waals surface area contributed by atoms with Crippen LogP contribution < -0.4 is 25.8 Å². The van der Waals surface area contributed by atoms with Crippen molar-refractivity contribution in [2.45, 2.75) is 26.3 Å². The number of ether oxygens (including phenoxy) is 2. The van der Waals surface area contributed by atoms with Gasteiger partial charge in [-0.15, -0.1) is 12.4 Å². The average molecular weight is 422 g/mol. The topological polar surface area (TPSA) is 103 Å². The van der Waals surface area contributed by atoms with Crippen molar-refractivity contribution in [2.24, 2.45) is 5.73 Å². The third-order valence-corrected chi connectivity index (χ3v) is 3.89. The molecule has 2 amide bonds. The van der Waals surface area contributed by atoms with Gasteiger partial charge in [-0.1, -0.05) is 18.2 Å². The number of benzene rings is 2. The largest absolute Gasteiger partial charge is 0.494 e. The maximum atomic E-state index is 12.6. The molecule has 0 heterocycles. The summed E-state index contributed by atoms with van der Waals surface area (Å²) in [4.78, 5) is 24.2. The molecule has 0 aliphatic heterocycles. The fourth-order valence-corrected chi connectivity index (χ4v) is 2.75. The van der Waals surface area contributed by atoms with Gasteiger partial charge in [-0.3, -0.25) is 9.59 Å². The Morgan fingerprint density at radius 1 is 1.07 bits per heavy atom. The summed E-state index contributed by atoms with van der Waals surface area (Å²) in [6.45, 7) is 4.68. The molecule has 0 bridgehead atoms. The predicted octanol–water partition coefficient (Wildman–Crippen LogP) is 3.05. The summed E-state index contributed by atoms with van der Waals surface area (Å²) in [5.74, 6) is 0.898. The van der Waals surface area contributed by atoms with Crippen LogP contribution in [0.25, 0.3) is 0 Å². The summed E-state index contributed by atoms with van der Waals surface area (Å²) in [6.07, 6.45) is 0.0785. The number of hydrogen-bond donors (Lipinski definition) is 3. The molecule has 158 valence electrons. The van der Waals surface area contributed by atoms with Crippen LogP contribution in [0.3, 0.4) is 0 Å². The van der Waals surface area contributed by atoms with Gasteiger partial charge in [-0.25, -0.2) is 0 Å². The Balaban J connectivity index is 0.00000420. The van der Waals surface area contributed by atoms with E-state index in [0.29, 0.717) is 36.9 Å². The average Bonchev–Trinajstić information content (AvgIpc) is 2.67. The molecule has 0 fully saturated rings. The van der Waals surface area contributed by atoms with Crippen LogP contribution in [0.1, 0.15) is 31.9 Å². The number of halogens is 1. The zero-order valence-corrected chi connectivity index (χ0v) is 17.5. The Kier molecular flexibility index (Phi) is 10.6. The van der Waals surface area contributed by atoms with Gasteiger partial charge < -0.3 is 25.8 Å². The number of hydrogen-bond acceptors (Lipinski definition) is 5. The van der Waals surface area contributed by atoms with E-state index in [0.717, 1.165) is 5.56 Å². The highest BCUT2D eigenvalue weighted by Crippen LogP contribution is 2.28. The van der Waals surface area contributed by atoms with E-state index in [-0.39, 0.29) is 30.6 Å². The van der Waals surface area contributed by atoms with Crippen molar-refractivity contribution in [2.75, 3.05) is 25.1 Å². The molecule has 7 nitrogen and oxygen atoms in total. The second kappa shape index (κ2) is 12.6. The van der Waals surface area contributed by atoms with Crippen LogP contribution in [0.2, 0.25) is 0 Å². The number of amides is 2. The van der Waals surface area contributed by atoms with E-state index in [9.17, 15) is 9.59 Å². The fraction of sp³-hybridized carbons (Fsp3) is 0.333. The Bertz CT molecular complexity index is 784. The highest BCUT2D eigenvalue weighted by atomic mass is 35.5. The number of anilines is 1. The molecule has 0 saturated carbocycles. The number of para-hydroxylation sites is 1. The molecule has 0 aliphatic carbocycles. The van der Waals surface area contributed by atoms with Gasteiger partial charge in [0.05, 0.1) is 19.1 Å². The number of nitrogens with two attached hydrogens (primary N) is 1. The maximum absolute atomic E-state index is 12.6. The summed E-state index contributed by atoms with van der Waals surface area (Å²) >= 11 is 0. The van der Waals surface area contributed by atoms with Crippen molar-refractivity contribution in [1.82, 2.24) is 5.32 Å². The lowest BCUT2D eigenvalue weighted by atomic mass is 10.0. The third-order valence-electron chi connectivity index (χ3n) is 3.89. The molecule has 2 aromatic rings. The monoisotopic (exact) mass is 421 g/mol. The van der Waals surface area contributed by atoms with E-state index in [1.54, 1.807) is 24.3 Å². The van der Waals surface area contributed by atoms with E-state index in [1.807, 2.05) is 31.2 Å². The smallest absolute Gasteiger partial charge is 0.226 e. The second-order valence-electron chi connectivity index (χ2n) is 6.14. The summed E-state index contributed by atoms with van der Waals surface area (Å²) in [5.41, 5.74) is 6.82. The lowest BCUT2D eigenvalue weighted by Gasteiger charge is -2.21. The van der Waals surface area contributed by atoms with Crippen LogP contribution >= 0.6 is 12.4 Å². The SMILES string of the molecule is CCOc1ccccc1C(CC(=O)Nc1ccc(OCCN)cc1)NC(C)=O.Cl. The van der Waals surface area contributed by atoms with Gasteiger partial charge in [0.1, 0.15) is 18.1 Å². The summed E-state index contributed by atoms with van der Waals surface area (Å²) in [6, 6.07) is 13.9. The van der Waals surface area contributed by atoms with Crippen LogP contribution in [0.4, 0.5) is 5.69 Å². The molecular weight excluding hydrogens is 394 g/mol. The molecule has 8 heteroatoms. The molecule has 0 spiro atoms. The van der Waals surface area contributed by atoms with E-state index in [4.69, 9.17) is 15.2 Å². The molecule has 0 aromatic heterocycles. The van der Waals surface area contributed by atoms with Gasteiger partial charge in [-0.2, -0.15) is 0 Å². The first-order valence-corrected chi connectivity index (χ1v) is 9.25. The van der Waals surface area contributed by atoms with Gasteiger partial charge in [0.25, 0.3) is 0 Å². The lowest BCUT2D eigenvalue weighted by molar-refractivity contribution is -0.120. The van der Waals surface area contributed by atoms with Gasteiger partial charge in [-0.05, 0) is 37.3 Å². The number of carbonyl (C=O) groups is 2. The van der Waals surface area contributed by atoms with E-state index >= 15 is 0 Å². The number of carbonyl (C=O) groups excluding carboxylic acids is 2. The normalized spacial score (nSPS) is 11.0. The highest BCUT2D eigenvalue weighted by molar-refractivity contribution is 5.91. The Hall–Kier alpha value is -2.77. The molecule has 0 aliphatic rings. The first-order chi connectivity index (χ1) is 13.5. The zero-order chi connectivity index (χ0) is 20.4. The predicted molar refractivity (Wildman–Crippen MR) is 116 cm³/mol. The van der Waals surface area contributed by atoms with E-state index < -0.39 is 6.04 Å². The summed E-state index contributed by atoms with van der Waals surface area (Å²) in [7, 11) is 0. The molecule has 0 radical (unpaired) electrons. The van der Waals surface area contributed by atoms with E-state index in [2.05, 4.69) is 10.6 Å². The van der Waals surface area contributed by atoms with Gasteiger partial charge in [0, 0.05) is 24.7 Å². The van der Waals surface area contributed by atoms with Crippen LogP contribution in [-0.4, -0.2) is 31.6 Å². The van der Waals surface area contributed by atoms with Crippen molar-refractivity contribution in [3.63, 3.8) is 0 Å². The first-order valence-electron chi connectivity index (χ1n) is 9.25. The van der Waals surface area contributed by atoms with Crippen LogP contribution in [0, 0.1) is 0 Å². The summed E-state index contributed by atoms with van der Waals surface area (Å²) < 4.78 is 11.1. The standard InChI is InChI=1S/C21H27N3O4.ClH/c1-3-27-20-7-5-4-6-18(20)19(23-15(2)25)14-21(26)24-16-8-10-17(11-9-16)28-13-12-22;/h4-11,19H,3,12-14,22H2,1-2H3,(H,23,25)(H,24,26);1H. The fourth-order valence-electron chi connectivity index (χ4n) is 2.75. The minimum Gasteiger partial charge on any atom is -0.494 e. The van der Waals surface area contributed by atoms with Crippen molar-refractivity contribution >= 4 is 29.9 Å². The van der Waals surface area contributed by atoms with Crippen LogP contribution in [0.15, 0.2) is 48.5 Å². The molecule has 1 atom stereocenters. The maximum Gasteiger partial charge on any atom is 0.226 e. The Labute approximate surface area is 177 Å². The first kappa shape index (κ1) is 24.3. The highest BCUT2D eigenvalue weighted by Gasteiger charge is 2.20. The van der Waals surface area contributed by atoms with E-state index in [1.165, 1.54) is 6.92 Å².